The van der Waals surface area contributed by atoms with E-state index in [0.717, 1.165) is 29.4 Å². The van der Waals surface area contributed by atoms with Crippen molar-refractivity contribution in [1.29, 1.82) is 0 Å². The molecule has 0 aliphatic carbocycles. The molecule has 110 valence electrons. The van der Waals surface area contributed by atoms with Gasteiger partial charge < -0.3 is 10.6 Å². The van der Waals surface area contributed by atoms with Crippen molar-refractivity contribution in [1.82, 2.24) is 10.6 Å². The SMILES string of the molecule is CCC1CCNC(C(=O)N[C@H](C)c2ccc(Br)cc2)C1. The van der Waals surface area contributed by atoms with Gasteiger partial charge in [0.15, 0.2) is 0 Å². The lowest BCUT2D eigenvalue weighted by Gasteiger charge is -2.29. The van der Waals surface area contributed by atoms with E-state index < -0.39 is 0 Å². The summed E-state index contributed by atoms with van der Waals surface area (Å²) in [5.74, 6) is 0.800. The first-order valence-corrected chi connectivity index (χ1v) is 8.18. The number of piperidine rings is 1. The van der Waals surface area contributed by atoms with Gasteiger partial charge in [0.25, 0.3) is 0 Å². The van der Waals surface area contributed by atoms with Crippen LogP contribution < -0.4 is 10.6 Å². The molecule has 3 nitrogen and oxygen atoms in total. The Morgan fingerprint density at radius 2 is 2.15 bits per heavy atom. The van der Waals surface area contributed by atoms with Crippen LogP contribution in [-0.2, 0) is 4.79 Å². The van der Waals surface area contributed by atoms with Crippen molar-refractivity contribution in [3.8, 4) is 0 Å². The number of carbonyl (C=O) groups is 1. The molecule has 1 heterocycles. The van der Waals surface area contributed by atoms with Crippen molar-refractivity contribution < 1.29 is 4.79 Å². The molecule has 0 radical (unpaired) electrons. The van der Waals surface area contributed by atoms with Crippen LogP contribution in [0.5, 0.6) is 0 Å². The molecule has 2 N–H and O–H groups in total. The quantitative estimate of drug-likeness (QED) is 0.883. The third-order valence-corrected chi connectivity index (χ3v) is 4.66. The number of hydrogen-bond donors (Lipinski definition) is 2. The summed E-state index contributed by atoms with van der Waals surface area (Å²) in [6.07, 6.45) is 3.30. The van der Waals surface area contributed by atoms with E-state index in [2.05, 4.69) is 33.5 Å². The lowest BCUT2D eigenvalue weighted by atomic mass is 9.90. The van der Waals surface area contributed by atoms with Gasteiger partial charge in [-0.2, -0.15) is 0 Å². The van der Waals surface area contributed by atoms with E-state index in [1.54, 1.807) is 0 Å². The second kappa shape index (κ2) is 7.23. The van der Waals surface area contributed by atoms with Gasteiger partial charge in [0.2, 0.25) is 5.91 Å². The van der Waals surface area contributed by atoms with Crippen molar-refractivity contribution in [2.24, 2.45) is 5.92 Å². The van der Waals surface area contributed by atoms with Crippen LogP contribution in [0.15, 0.2) is 28.7 Å². The summed E-state index contributed by atoms with van der Waals surface area (Å²) in [4.78, 5) is 12.3. The normalized spacial score (nSPS) is 24.1. The minimum atomic E-state index is -0.0356. The van der Waals surface area contributed by atoms with Crippen LogP contribution in [0.2, 0.25) is 0 Å². The van der Waals surface area contributed by atoms with Gasteiger partial charge in [0.05, 0.1) is 12.1 Å². The third-order valence-electron chi connectivity index (χ3n) is 4.13. The Morgan fingerprint density at radius 3 is 2.80 bits per heavy atom. The molecule has 0 spiro atoms. The molecule has 4 heteroatoms. The summed E-state index contributed by atoms with van der Waals surface area (Å²) < 4.78 is 1.06. The van der Waals surface area contributed by atoms with Crippen LogP contribution in [0.4, 0.5) is 0 Å². The van der Waals surface area contributed by atoms with E-state index in [1.165, 1.54) is 6.42 Å². The van der Waals surface area contributed by atoms with Gasteiger partial charge in [-0.25, -0.2) is 0 Å². The zero-order valence-corrected chi connectivity index (χ0v) is 13.7. The van der Waals surface area contributed by atoms with Crippen LogP contribution in [0, 0.1) is 5.92 Å². The topological polar surface area (TPSA) is 41.1 Å². The first-order chi connectivity index (χ1) is 9.60. The summed E-state index contributed by atoms with van der Waals surface area (Å²) in [6.45, 7) is 5.18. The molecule has 1 aromatic carbocycles. The molecular formula is C16H23BrN2O. The molecular weight excluding hydrogens is 316 g/mol. The molecule has 1 saturated heterocycles. The fourth-order valence-electron chi connectivity index (χ4n) is 2.72. The fourth-order valence-corrected chi connectivity index (χ4v) is 2.98. The summed E-state index contributed by atoms with van der Waals surface area (Å²) >= 11 is 3.43. The predicted molar refractivity (Wildman–Crippen MR) is 85.5 cm³/mol. The number of benzene rings is 1. The van der Waals surface area contributed by atoms with Crippen molar-refractivity contribution in [3.63, 3.8) is 0 Å². The molecule has 1 amide bonds. The number of nitrogens with one attached hydrogen (secondary N) is 2. The Balaban J connectivity index is 1.91. The molecule has 2 unspecified atom stereocenters. The zero-order chi connectivity index (χ0) is 14.5. The Morgan fingerprint density at radius 1 is 1.45 bits per heavy atom. The minimum Gasteiger partial charge on any atom is -0.348 e. The highest BCUT2D eigenvalue weighted by Crippen LogP contribution is 2.21. The van der Waals surface area contributed by atoms with Crippen molar-refractivity contribution in [3.05, 3.63) is 34.3 Å². The lowest BCUT2D eigenvalue weighted by molar-refractivity contribution is -0.124. The fraction of sp³-hybridized carbons (Fsp3) is 0.562. The van der Waals surface area contributed by atoms with Crippen LogP contribution in [0.1, 0.15) is 44.7 Å². The van der Waals surface area contributed by atoms with Crippen LogP contribution >= 0.6 is 15.9 Å². The minimum absolute atomic E-state index is 0.0356. The largest absolute Gasteiger partial charge is 0.348 e. The predicted octanol–water partition coefficient (Wildman–Crippen LogP) is 3.40. The summed E-state index contributed by atoms with van der Waals surface area (Å²) in [5, 5.41) is 6.44. The Hall–Kier alpha value is -0.870. The zero-order valence-electron chi connectivity index (χ0n) is 12.2. The highest BCUT2D eigenvalue weighted by molar-refractivity contribution is 9.10. The highest BCUT2D eigenvalue weighted by Gasteiger charge is 2.26. The maximum Gasteiger partial charge on any atom is 0.237 e. The number of hydrogen-bond acceptors (Lipinski definition) is 2. The molecule has 1 aliphatic heterocycles. The molecule has 1 fully saturated rings. The smallest absolute Gasteiger partial charge is 0.237 e. The van der Waals surface area contributed by atoms with Crippen molar-refractivity contribution in [2.45, 2.75) is 45.2 Å². The van der Waals surface area contributed by atoms with E-state index in [9.17, 15) is 4.79 Å². The second-order valence-electron chi connectivity index (χ2n) is 5.59. The Labute approximate surface area is 129 Å². The van der Waals surface area contributed by atoms with Gasteiger partial charge in [0, 0.05) is 4.47 Å². The van der Waals surface area contributed by atoms with E-state index in [1.807, 2.05) is 31.2 Å². The maximum absolute atomic E-state index is 12.3. The monoisotopic (exact) mass is 338 g/mol. The molecule has 0 saturated carbocycles. The number of halogens is 1. The van der Waals surface area contributed by atoms with Gasteiger partial charge in [-0.05, 0) is 49.9 Å². The maximum atomic E-state index is 12.3. The molecule has 3 atom stereocenters. The lowest BCUT2D eigenvalue weighted by Crippen LogP contribution is -2.49. The van der Waals surface area contributed by atoms with Gasteiger partial charge in [-0.3, -0.25) is 4.79 Å². The molecule has 20 heavy (non-hydrogen) atoms. The van der Waals surface area contributed by atoms with Crippen molar-refractivity contribution in [2.75, 3.05) is 6.54 Å². The van der Waals surface area contributed by atoms with Gasteiger partial charge >= 0.3 is 0 Å². The third kappa shape index (κ3) is 4.06. The Kier molecular flexibility index (Phi) is 5.61. The first-order valence-electron chi connectivity index (χ1n) is 7.39. The highest BCUT2D eigenvalue weighted by atomic mass is 79.9. The summed E-state index contributed by atoms with van der Waals surface area (Å²) in [7, 11) is 0. The van der Waals surface area contributed by atoms with Crippen LogP contribution in [0.3, 0.4) is 0 Å². The van der Waals surface area contributed by atoms with E-state index in [-0.39, 0.29) is 18.0 Å². The van der Waals surface area contributed by atoms with Gasteiger partial charge in [-0.15, -0.1) is 0 Å². The van der Waals surface area contributed by atoms with E-state index in [4.69, 9.17) is 0 Å². The molecule has 0 aromatic heterocycles. The average Bonchev–Trinajstić information content (AvgIpc) is 2.47. The van der Waals surface area contributed by atoms with Crippen LogP contribution in [0.25, 0.3) is 0 Å². The number of rotatable bonds is 4. The van der Waals surface area contributed by atoms with E-state index in [0.29, 0.717) is 5.92 Å². The number of carbonyl (C=O) groups excluding carboxylic acids is 1. The molecule has 0 bridgehead atoms. The van der Waals surface area contributed by atoms with Crippen molar-refractivity contribution >= 4 is 21.8 Å². The summed E-state index contributed by atoms with van der Waals surface area (Å²) in [5.41, 5.74) is 1.13. The standard InChI is InChI=1S/C16H23BrN2O/c1-3-12-8-9-18-15(10-12)16(20)19-11(2)13-4-6-14(17)7-5-13/h4-7,11-12,15,18H,3,8-10H2,1-2H3,(H,19,20)/t11-,12?,15?/m1/s1. The first kappa shape index (κ1) is 15.5. The van der Waals surface area contributed by atoms with Crippen LogP contribution in [-0.4, -0.2) is 18.5 Å². The van der Waals surface area contributed by atoms with Gasteiger partial charge in [0.1, 0.15) is 0 Å². The average molecular weight is 339 g/mol. The summed E-state index contributed by atoms with van der Waals surface area (Å²) in [6, 6.07) is 8.09. The second-order valence-corrected chi connectivity index (χ2v) is 6.50. The Bertz CT molecular complexity index is 446. The van der Waals surface area contributed by atoms with E-state index >= 15 is 0 Å². The molecule has 2 rings (SSSR count). The van der Waals surface area contributed by atoms with Gasteiger partial charge in [-0.1, -0.05) is 41.4 Å². The molecule has 1 aromatic rings. The number of amides is 1. The molecule has 1 aliphatic rings.